The minimum absolute atomic E-state index is 0.00629. The van der Waals surface area contributed by atoms with Crippen molar-refractivity contribution >= 4 is 48.3 Å². The lowest BCUT2D eigenvalue weighted by molar-refractivity contribution is -0.282. The largest absolute Gasteiger partial charge is 0.394 e. The number of aliphatic hydroxyl groups excluding tert-OH is 10. The van der Waals surface area contributed by atoms with E-state index in [0.29, 0.717) is 135 Å². The fourth-order valence-electron chi connectivity index (χ4n) is 14.6. The highest BCUT2D eigenvalue weighted by molar-refractivity contribution is 7.54. The Morgan fingerprint density at radius 1 is 0.421 bits per heavy atom. The first-order valence-electron chi connectivity index (χ1n) is 42.4. The molecule has 13 N–H and O–H groups in total. The Kier molecular flexibility index (Phi) is 53.6. The van der Waals surface area contributed by atoms with Crippen molar-refractivity contribution in [3.63, 3.8) is 0 Å². The quantitative estimate of drug-likeness (QED) is 0.0215. The van der Waals surface area contributed by atoms with Gasteiger partial charge in [-0.05, 0) is 96.4 Å². The molecule has 4 aliphatic heterocycles. The lowest BCUT2D eigenvalue weighted by Crippen LogP contribution is -2.55. The molecule has 33 heteroatoms. The second kappa shape index (κ2) is 59.4. The fourth-order valence-corrected chi connectivity index (χ4v) is 15.0. The zero-order chi connectivity index (χ0) is 83.7. The van der Waals surface area contributed by atoms with Crippen LogP contribution in [0.5, 0.6) is 0 Å². The number of Topliss-reactive ketones (excluding diaryl/α,β-unsaturated/α-hetero) is 5. The average Bonchev–Trinajstić information content (AvgIpc) is 1.13. The first kappa shape index (κ1) is 103. The second-order valence-corrected chi connectivity index (χ2v) is 33.6. The maximum absolute atomic E-state index is 14.2. The van der Waals surface area contributed by atoms with E-state index in [9.17, 15) is 94.1 Å². The predicted octanol–water partition coefficient (Wildman–Crippen LogP) is 5.07. The molecule has 4 fully saturated rings. The molecule has 0 spiro atoms. The van der Waals surface area contributed by atoms with Gasteiger partial charge in [0.15, 0.2) is 26.5 Å². The van der Waals surface area contributed by atoms with Crippen LogP contribution in [0.1, 0.15) is 245 Å². The van der Waals surface area contributed by atoms with Crippen LogP contribution >= 0.6 is 7.60 Å². The van der Waals surface area contributed by atoms with Crippen molar-refractivity contribution in [3.8, 4) is 0 Å². The van der Waals surface area contributed by atoms with Crippen LogP contribution < -0.4 is 10.6 Å². The summed E-state index contributed by atoms with van der Waals surface area (Å²) in [6.45, 7) is 9.42. The molecule has 4 saturated heterocycles. The number of hydrogen-bond donors (Lipinski definition) is 13. The zero-order valence-corrected chi connectivity index (χ0v) is 69.3. The minimum Gasteiger partial charge on any atom is -0.394 e. The van der Waals surface area contributed by atoms with Crippen LogP contribution in [0.4, 0.5) is 0 Å². The standard InChI is InChI=1S/C81H145N3O29P/c1-57-72(96)75(99)67(50-85)111-78(57)107-41-23-19-31-61(88)27-15-12-17-29-63(90)35-44-104-54-81(48-65(92)33-14-10-8-6-5-7-9-11-22-40-84-49-66(93)47-60(84)53-110-114(4,102)103,55-105-45-36-64(91)30-18-13-16-28-62(89)32-20-24-42-108-79-58(2)73(97)76(100)68(51-86)112-79)56-106-46-37-71(95)83-39-26-38-82-70(94)34-21-25-43-109-80-59(3)74(98)77(101)69(52-87)113-80/h57-60,66-69,72-80,85-87,93,96-101H,4-56H2,1-3H3,(H,82,94)(H,83,95)(H,102,103)/q-1/t57?,58?,59?,60-,66+,67?,68?,69?,72?,73?,74?,75?,76?,77?,78?,79?,80?,81?/m0/s1. The highest BCUT2D eigenvalue weighted by atomic mass is 31.2. The van der Waals surface area contributed by atoms with E-state index < -0.39 is 130 Å². The van der Waals surface area contributed by atoms with Gasteiger partial charge in [0.2, 0.25) is 11.8 Å². The Hall–Kier alpha value is -3.36. The Labute approximate surface area is 675 Å². The van der Waals surface area contributed by atoms with Gasteiger partial charge in [-0.2, -0.15) is 0 Å². The van der Waals surface area contributed by atoms with Crippen molar-refractivity contribution in [2.45, 2.75) is 331 Å². The SMILES string of the molecule is [CH2-]P(=O)(O)OC[C@@H]1C[C@@H](O)CN1CCCCCCCCCCCC(=O)CC(COCCC(=O)CCCCCC(=O)CCCCOC1OC(CO)C(O)C(O)C1C)(COCCC(=O)CCCCCC(=O)CCCCOC1OC(CO)C(O)C(O)C1C)COCCC(=O)NCCCNC(=O)CCCCOC1OC(CO)C(O)C(O)C1C. The molecular weight excluding hydrogens is 1510 g/mol. The molecule has 4 rings (SSSR count). The van der Waals surface area contributed by atoms with Gasteiger partial charge >= 0.3 is 0 Å². The van der Waals surface area contributed by atoms with Gasteiger partial charge in [-0.25, -0.2) is 6.66 Å². The molecule has 0 bridgehead atoms. The van der Waals surface area contributed by atoms with E-state index >= 15 is 0 Å². The number of rotatable bonds is 69. The number of amides is 2. The molecule has 18 atom stereocenters. The molecular formula is C81H145N3O29P-. The van der Waals surface area contributed by atoms with Gasteiger partial charge in [0.25, 0.3) is 0 Å². The van der Waals surface area contributed by atoms with Crippen LogP contribution in [0.3, 0.4) is 0 Å². The van der Waals surface area contributed by atoms with Crippen LogP contribution in [-0.2, 0) is 85.3 Å². The summed E-state index contributed by atoms with van der Waals surface area (Å²) in [6, 6.07) is -0.136. The highest BCUT2D eigenvalue weighted by Crippen LogP contribution is 2.40. The molecule has 664 valence electrons. The second-order valence-electron chi connectivity index (χ2n) is 32.0. The Balaban J connectivity index is 1.27. The fraction of sp³-hybridized carbons (Fsp3) is 0.901. The van der Waals surface area contributed by atoms with E-state index in [1.165, 1.54) is 0 Å². The lowest BCUT2D eigenvalue weighted by Gasteiger charge is -2.40. The van der Waals surface area contributed by atoms with E-state index in [2.05, 4.69) is 22.2 Å². The minimum atomic E-state index is -3.86. The summed E-state index contributed by atoms with van der Waals surface area (Å²) in [5.41, 5.74) is -1.08. The number of hydrogen-bond acceptors (Lipinski definition) is 29. The van der Waals surface area contributed by atoms with Gasteiger partial charge in [-0.1, -0.05) is 78.6 Å². The normalized spacial score (nSPS) is 27.1. The number of nitrogens with one attached hydrogen (secondary N) is 2. The third-order valence-corrected chi connectivity index (χ3v) is 22.5. The van der Waals surface area contributed by atoms with E-state index in [4.69, 9.17) is 47.2 Å². The molecule has 0 aromatic rings. The third-order valence-electron chi connectivity index (χ3n) is 21.9. The number of unbranched alkanes of at least 4 members (excludes halogenated alkanes) is 15. The predicted molar refractivity (Wildman–Crippen MR) is 419 cm³/mol. The number of nitrogens with zero attached hydrogens (tertiary/aromatic N) is 1. The number of β-amino-alcohol motifs (C(OH)–C–C–N with tert-alkyl or cyclic N) is 1. The number of carbonyl (C=O) groups is 7. The van der Waals surface area contributed by atoms with Crippen LogP contribution in [0.15, 0.2) is 0 Å². The van der Waals surface area contributed by atoms with E-state index in [0.717, 1.165) is 57.9 Å². The van der Waals surface area contributed by atoms with Gasteiger partial charge in [-0.3, -0.25) is 43.0 Å². The van der Waals surface area contributed by atoms with Crippen molar-refractivity contribution in [2.75, 3.05) is 112 Å². The topological polar surface area (TPSA) is 479 Å². The number of ketones is 5. The number of likely N-dealkylation sites (tertiary alicyclic amines) is 1. The van der Waals surface area contributed by atoms with Gasteiger partial charge in [0.1, 0.15) is 65.5 Å². The zero-order valence-electron chi connectivity index (χ0n) is 68.5. The van der Waals surface area contributed by atoms with Crippen molar-refractivity contribution in [1.82, 2.24) is 15.5 Å². The molecule has 114 heavy (non-hydrogen) atoms. The average molecular weight is 1660 g/mol. The van der Waals surface area contributed by atoms with E-state index in [-0.39, 0.29) is 171 Å². The summed E-state index contributed by atoms with van der Waals surface area (Å²) in [7, 11) is -3.86. The lowest BCUT2D eigenvalue weighted by atomic mass is 9.83. The summed E-state index contributed by atoms with van der Waals surface area (Å²) >= 11 is 0. The van der Waals surface area contributed by atoms with E-state index in [1.54, 1.807) is 20.8 Å². The molecule has 0 radical (unpaired) electrons. The van der Waals surface area contributed by atoms with Gasteiger partial charge in [-0.15, -0.1) is 0 Å². The smallest absolute Gasteiger partial charge is 0.222 e. The molecule has 0 saturated carbocycles. The monoisotopic (exact) mass is 1650 g/mol. The van der Waals surface area contributed by atoms with Gasteiger partial charge in [0, 0.05) is 146 Å². The third kappa shape index (κ3) is 42.7. The molecule has 32 nitrogen and oxygen atoms in total. The van der Waals surface area contributed by atoms with Crippen LogP contribution in [0.25, 0.3) is 0 Å². The Morgan fingerprint density at radius 2 is 0.746 bits per heavy atom. The van der Waals surface area contributed by atoms with Crippen LogP contribution in [0.2, 0.25) is 0 Å². The van der Waals surface area contributed by atoms with Crippen molar-refractivity contribution in [2.24, 2.45) is 23.2 Å². The van der Waals surface area contributed by atoms with Crippen molar-refractivity contribution in [1.29, 1.82) is 0 Å². The number of aliphatic hydroxyl groups is 10. The first-order chi connectivity index (χ1) is 54.6. The van der Waals surface area contributed by atoms with Crippen molar-refractivity contribution in [3.05, 3.63) is 6.66 Å². The summed E-state index contributed by atoms with van der Waals surface area (Å²) in [4.78, 5) is 103. The summed E-state index contributed by atoms with van der Waals surface area (Å²) < 4.78 is 69.5. The molecule has 4 heterocycles. The Bertz CT molecular complexity index is 2490. The van der Waals surface area contributed by atoms with Crippen molar-refractivity contribution < 1.29 is 141 Å². The van der Waals surface area contributed by atoms with Crippen LogP contribution in [0, 0.1) is 29.8 Å². The molecule has 0 aromatic carbocycles. The Morgan fingerprint density at radius 3 is 1.13 bits per heavy atom. The maximum atomic E-state index is 14.2. The number of ether oxygens (including phenoxy) is 9. The molecule has 0 aliphatic carbocycles. The maximum Gasteiger partial charge on any atom is 0.222 e. The summed E-state index contributed by atoms with van der Waals surface area (Å²) in [6.07, 6.45) is 6.38. The highest BCUT2D eigenvalue weighted by Gasteiger charge is 2.45. The number of carbonyl (C=O) groups excluding carboxylic acids is 7. The van der Waals surface area contributed by atoms with Gasteiger partial charge < -0.3 is 114 Å². The van der Waals surface area contributed by atoms with Gasteiger partial charge in [0.05, 0.1) is 90.5 Å². The summed E-state index contributed by atoms with van der Waals surface area (Å²) in [5.74, 6) is -1.93. The molecule has 16 unspecified atom stereocenters. The van der Waals surface area contributed by atoms with E-state index in [1.807, 2.05) is 0 Å². The summed E-state index contributed by atoms with van der Waals surface area (Å²) in [5, 5.41) is 106. The first-order valence-corrected chi connectivity index (χ1v) is 44.2. The molecule has 2 amide bonds. The molecule has 0 aromatic heterocycles. The van der Waals surface area contributed by atoms with Crippen LogP contribution in [-0.4, -0.2) is 300 Å². The molecule has 4 aliphatic rings.